The van der Waals surface area contributed by atoms with Crippen LogP contribution in [-0.4, -0.2) is 24.7 Å². The molecule has 2 rings (SSSR count). The predicted octanol–water partition coefficient (Wildman–Crippen LogP) is 2.81. The number of carbonyl (C=O) groups excluding carboxylic acids is 1. The number of thiophene rings is 1. The molecule has 1 fully saturated rings. The van der Waals surface area contributed by atoms with Gasteiger partial charge in [0.05, 0.1) is 12.1 Å². The number of nitrogens with one attached hydrogen (secondary N) is 1. The maximum absolute atomic E-state index is 12.0. The average Bonchev–Trinajstić information content (AvgIpc) is 2.65. The minimum Gasteiger partial charge on any atom is -0.379 e. The summed E-state index contributed by atoms with van der Waals surface area (Å²) in [4.78, 5) is 12.7. The molecule has 3 nitrogen and oxygen atoms in total. The monoisotopic (exact) mass is 303 g/mol. The largest absolute Gasteiger partial charge is 0.379 e. The molecule has 0 radical (unpaired) electrons. The Morgan fingerprint density at radius 3 is 3.06 bits per heavy atom. The summed E-state index contributed by atoms with van der Waals surface area (Å²) in [6, 6.07) is 1.89. The first-order valence-electron chi connectivity index (χ1n) is 5.24. The molecule has 1 unspecified atom stereocenters. The summed E-state index contributed by atoms with van der Waals surface area (Å²) < 4.78 is 6.27. The number of ether oxygens (including phenoxy) is 1. The Balaban J connectivity index is 2.04. The van der Waals surface area contributed by atoms with E-state index in [1.165, 1.54) is 11.3 Å². The number of amides is 1. The highest BCUT2D eigenvalue weighted by Gasteiger charge is 2.30. The molecule has 2 heterocycles. The zero-order valence-electron chi connectivity index (χ0n) is 9.09. The third-order valence-electron chi connectivity index (χ3n) is 2.68. The lowest BCUT2D eigenvalue weighted by molar-refractivity contribution is 0.0273. The molecule has 1 aromatic heterocycles. The van der Waals surface area contributed by atoms with Crippen molar-refractivity contribution < 1.29 is 9.53 Å². The molecule has 1 amide bonds. The van der Waals surface area contributed by atoms with Crippen LogP contribution >= 0.6 is 27.3 Å². The molecule has 1 saturated heterocycles. The Bertz CT molecular complexity index is 385. The normalized spacial score (nSPS) is 25.4. The van der Waals surface area contributed by atoms with Gasteiger partial charge in [-0.25, -0.2) is 0 Å². The van der Waals surface area contributed by atoms with Crippen LogP contribution in [0.15, 0.2) is 15.9 Å². The van der Waals surface area contributed by atoms with E-state index < -0.39 is 0 Å². The first kappa shape index (κ1) is 12.1. The molecule has 88 valence electrons. The molecule has 1 aliphatic heterocycles. The summed E-state index contributed by atoms with van der Waals surface area (Å²) in [5, 5.41) is 4.96. The highest BCUT2D eigenvalue weighted by molar-refractivity contribution is 9.10. The number of carbonyl (C=O) groups is 1. The van der Waals surface area contributed by atoms with Crippen LogP contribution in [0.4, 0.5) is 0 Å². The first-order chi connectivity index (χ1) is 7.61. The topological polar surface area (TPSA) is 38.3 Å². The average molecular weight is 304 g/mol. The fourth-order valence-electron chi connectivity index (χ4n) is 1.82. The van der Waals surface area contributed by atoms with Gasteiger partial charge in [-0.05, 0) is 47.1 Å². The molecule has 0 aliphatic carbocycles. The predicted molar refractivity (Wildman–Crippen MR) is 67.9 cm³/mol. The smallest absolute Gasteiger partial charge is 0.263 e. The number of hydrogen-bond donors (Lipinski definition) is 1. The number of halogens is 1. The van der Waals surface area contributed by atoms with Crippen LogP contribution < -0.4 is 5.32 Å². The van der Waals surface area contributed by atoms with Crippen molar-refractivity contribution in [3.63, 3.8) is 0 Å². The van der Waals surface area contributed by atoms with Crippen molar-refractivity contribution in [2.75, 3.05) is 13.2 Å². The van der Waals surface area contributed by atoms with Gasteiger partial charge in [-0.15, -0.1) is 11.3 Å². The van der Waals surface area contributed by atoms with Gasteiger partial charge in [0.2, 0.25) is 0 Å². The van der Waals surface area contributed by atoms with Crippen LogP contribution in [0.3, 0.4) is 0 Å². The van der Waals surface area contributed by atoms with Gasteiger partial charge in [-0.2, -0.15) is 0 Å². The van der Waals surface area contributed by atoms with Crippen molar-refractivity contribution in [3.8, 4) is 0 Å². The summed E-state index contributed by atoms with van der Waals surface area (Å²) in [6.45, 7) is 3.43. The van der Waals surface area contributed by atoms with Crippen molar-refractivity contribution in [1.29, 1.82) is 0 Å². The lowest BCUT2D eigenvalue weighted by Crippen LogP contribution is -2.51. The van der Waals surface area contributed by atoms with Crippen LogP contribution in [0.5, 0.6) is 0 Å². The fourth-order valence-corrected chi connectivity index (χ4v) is 3.27. The van der Waals surface area contributed by atoms with Crippen molar-refractivity contribution in [1.82, 2.24) is 5.32 Å². The van der Waals surface area contributed by atoms with Crippen LogP contribution in [0.2, 0.25) is 0 Å². The van der Waals surface area contributed by atoms with Gasteiger partial charge in [0.1, 0.15) is 4.88 Å². The molecule has 0 spiro atoms. The first-order valence-corrected chi connectivity index (χ1v) is 6.91. The summed E-state index contributed by atoms with van der Waals surface area (Å²) >= 11 is 4.81. The molecule has 0 bridgehead atoms. The van der Waals surface area contributed by atoms with Crippen LogP contribution in [0.1, 0.15) is 29.4 Å². The van der Waals surface area contributed by atoms with Crippen molar-refractivity contribution in [2.24, 2.45) is 0 Å². The van der Waals surface area contributed by atoms with Gasteiger partial charge >= 0.3 is 0 Å². The van der Waals surface area contributed by atoms with Gasteiger partial charge < -0.3 is 10.1 Å². The Labute approximate surface area is 107 Å². The van der Waals surface area contributed by atoms with E-state index >= 15 is 0 Å². The summed E-state index contributed by atoms with van der Waals surface area (Å²) in [7, 11) is 0. The molecule has 1 aromatic rings. The Hall–Kier alpha value is -0.390. The third kappa shape index (κ3) is 2.64. The second-order valence-electron chi connectivity index (χ2n) is 4.27. The zero-order chi connectivity index (χ0) is 11.6. The third-order valence-corrected chi connectivity index (χ3v) is 4.51. The lowest BCUT2D eigenvalue weighted by atomic mass is 9.95. The Morgan fingerprint density at radius 1 is 1.69 bits per heavy atom. The fraction of sp³-hybridized carbons (Fsp3) is 0.545. The molecule has 1 aliphatic rings. The standard InChI is InChI=1S/C11H14BrNO2S/c1-11(4-2-5-15-7-11)13-10(14)9-8(12)3-6-16-9/h3,6H,2,4-5,7H2,1H3,(H,13,14). The highest BCUT2D eigenvalue weighted by Crippen LogP contribution is 2.25. The highest BCUT2D eigenvalue weighted by atomic mass is 79.9. The van der Waals surface area contributed by atoms with Gasteiger partial charge in [0, 0.05) is 11.1 Å². The number of rotatable bonds is 2. The van der Waals surface area contributed by atoms with E-state index in [1.54, 1.807) is 0 Å². The van der Waals surface area contributed by atoms with E-state index in [2.05, 4.69) is 21.2 Å². The summed E-state index contributed by atoms with van der Waals surface area (Å²) in [5.41, 5.74) is -0.223. The molecule has 5 heteroatoms. The van der Waals surface area contributed by atoms with Crippen LogP contribution in [-0.2, 0) is 4.74 Å². The summed E-state index contributed by atoms with van der Waals surface area (Å²) in [6.07, 6.45) is 1.98. The zero-order valence-corrected chi connectivity index (χ0v) is 11.5. The molecule has 1 atom stereocenters. The van der Waals surface area contributed by atoms with E-state index in [4.69, 9.17) is 4.74 Å². The Kier molecular flexibility index (Phi) is 3.66. The van der Waals surface area contributed by atoms with Gasteiger partial charge in [-0.3, -0.25) is 4.79 Å². The van der Waals surface area contributed by atoms with E-state index in [-0.39, 0.29) is 11.4 Å². The van der Waals surface area contributed by atoms with Crippen LogP contribution in [0.25, 0.3) is 0 Å². The van der Waals surface area contributed by atoms with E-state index in [0.29, 0.717) is 6.61 Å². The van der Waals surface area contributed by atoms with E-state index in [1.807, 2.05) is 18.4 Å². The van der Waals surface area contributed by atoms with Crippen molar-refractivity contribution in [3.05, 3.63) is 20.8 Å². The quantitative estimate of drug-likeness (QED) is 0.912. The lowest BCUT2D eigenvalue weighted by Gasteiger charge is -2.34. The summed E-state index contributed by atoms with van der Waals surface area (Å²) in [5.74, 6) is -0.0186. The number of hydrogen-bond acceptors (Lipinski definition) is 3. The van der Waals surface area contributed by atoms with E-state index in [9.17, 15) is 4.79 Å². The Morgan fingerprint density at radius 2 is 2.50 bits per heavy atom. The molecule has 0 saturated carbocycles. The SMILES string of the molecule is CC1(NC(=O)c2sccc2Br)CCCOC1. The maximum atomic E-state index is 12.0. The van der Waals surface area contributed by atoms with E-state index in [0.717, 1.165) is 28.8 Å². The second kappa shape index (κ2) is 4.85. The van der Waals surface area contributed by atoms with Gasteiger partial charge in [0.25, 0.3) is 5.91 Å². The van der Waals surface area contributed by atoms with Crippen LogP contribution in [0, 0.1) is 0 Å². The molecule has 1 N–H and O–H groups in total. The van der Waals surface area contributed by atoms with Crippen molar-refractivity contribution in [2.45, 2.75) is 25.3 Å². The maximum Gasteiger partial charge on any atom is 0.263 e. The van der Waals surface area contributed by atoms with Gasteiger partial charge in [0.15, 0.2) is 0 Å². The minimum absolute atomic E-state index is 0.0186. The minimum atomic E-state index is -0.223. The van der Waals surface area contributed by atoms with Gasteiger partial charge in [-0.1, -0.05) is 0 Å². The molecule has 16 heavy (non-hydrogen) atoms. The van der Waals surface area contributed by atoms with Crippen molar-refractivity contribution >= 4 is 33.2 Å². The molecular formula is C11H14BrNO2S. The molecular weight excluding hydrogens is 290 g/mol. The molecule has 0 aromatic carbocycles. The second-order valence-corrected chi connectivity index (χ2v) is 6.04.